The number of aromatic nitrogens is 3. The Bertz CT molecular complexity index is 546. The number of rotatable bonds is 3. The van der Waals surface area contributed by atoms with Crippen molar-refractivity contribution in [3.63, 3.8) is 0 Å². The lowest BCUT2D eigenvalue weighted by atomic mass is 10.1. The molecule has 0 amide bonds. The van der Waals surface area contributed by atoms with E-state index in [4.69, 9.17) is 4.74 Å². The molecule has 0 saturated carbocycles. The third kappa shape index (κ3) is 2.76. The molecule has 0 aliphatic carbocycles. The van der Waals surface area contributed by atoms with Crippen LogP contribution in [0.3, 0.4) is 0 Å². The van der Waals surface area contributed by atoms with E-state index < -0.39 is 0 Å². The second-order valence-corrected chi connectivity index (χ2v) is 4.84. The Morgan fingerprint density at radius 2 is 2.21 bits per heavy atom. The lowest BCUT2D eigenvalue weighted by Crippen LogP contribution is -2.12. The van der Waals surface area contributed by atoms with Gasteiger partial charge in [0.25, 0.3) is 0 Å². The fourth-order valence-corrected chi connectivity index (χ4v) is 2.26. The molecule has 1 unspecified atom stereocenters. The van der Waals surface area contributed by atoms with Gasteiger partial charge in [0.15, 0.2) is 5.82 Å². The number of benzene rings is 1. The summed E-state index contributed by atoms with van der Waals surface area (Å²) in [5.74, 6) is 1.41. The van der Waals surface area contributed by atoms with Gasteiger partial charge in [-0.1, -0.05) is 18.2 Å². The van der Waals surface area contributed by atoms with Gasteiger partial charge < -0.3 is 10.1 Å². The number of anilines is 2. The minimum Gasteiger partial charge on any atom is -0.370 e. The molecule has 1 aromatic carbocycles. The van der Waals surface area contributed by atoms with Gasteiger partial charge in [0.05, 0.1) is 0 Å². The standard InChI is InChI=1S/C14H18N4O/c1-10-6-2-3-7-11(10)15-14-16-13(17-18-14)12-8-4-5-9-19-12/h2-3,6-7,12H,4-5,8-9H2,1H3,(H2,15,16,17,18). The first-order valence-electron chi connectivity index (χ1n) is 6.69. The van der Waals surface area contributed by atoms with Crippen LogP contribution in [0.4, 0.5) is 11.6 Å². The monoisotopic (exact) mass is 258 g/mol. The molecule has 0 radical (unpaired) electrons. The molecular weight excluding hydrogens is 240 g/mol. The fourth-order valence-electron chi connectivity index (χ4n) is 2.26. The first-order chi connectivity index (χ1) is 9.33. The lowest BCUT2D eigenvalue weighted by Gasteiger charge is -2.19. The summed E-state index contributed by atoms with van der Waals surface area (Å²) in [5.41, 5.74) is 2.19. The predicted molar refractivity (Wildman–Crippen MR) is 73.4 cm³/mol. The first-order valence-corrected chi connectivity index (χ1v) is 6.69. The van der Waals surface area contributed by atoms with E-state index in [1.807, 2.05) is 18.2 Å². The molecule has 2 aromatic rings. The molecule has 1 aliphatic heterocycles. The zero-order chi connectivity index (χ0) is 13.1. The number of aryl methyl sites for hydroxylation is 1. The fraction of sp³-hybridized carbons (Fsp3) is 0.429. The Labute approximate surface area is 112 Å². The molecule has 1 aromatic heterocycles. The Kier molecular flexibility index (Phi) is 3.46. The van der Waals surface area contributed by atoms with Crippen LogP contribution < -0.4 is 5.32 Å². The van der Waals surface area contributed by atoms with Gasteiger partial charge in [-0.25, -0.2) is 0 Å². The highest BCUT2D eigenvalue weighted by molar-refractivity contribution is 5.57. The van der Waals surface area contributed by atoms with Crippen molar-refractivity contribution in [1.82, 2.24) is 15.2 Å². The molecular formula is C14H18N4O. The van der Waals surface area contributed by atoms with E-state index in [2.05, 4.69) is 33.5 Å². The van der Waals surface area contributed by atoms with Gasteiger partial charge in [0.2, 0.25) is 5.95 Å². The third-order valence-corrected chi connectivity index (χ3v) is 3.38. The zero-order valence-corrected chi connectivity index (χ0v) is 11.0. The van der Waals surface area contributed by atoms with Crippen molar-refractivity contribution in [2.75, 3.05) is 11.9 Å². The molecule has 1 atom stereocenters. The molecule has 2 N–H and O–H groups in total. The maximum Gasteiger partial charge on any atom is 0.246 e. The number of hydrogen-bond acceptors (Lipinski definition) is 4. The number of nitrogens with one attached hydrogen (secondary N) is 2. The summed E-state index contributed by atoms with van der Waals surface area (Å²) in [5, 5.41) is 10.4. The summed E-state index contributed by atoms with van der Waals surface area (Å²) >= 11 is 0. The Morgan fingerprint density at radius 3 is 3.00 bits per heavy atom. The van der Waals surface area contributed by atoms with Gasteiger partial charge in [0.1, 0.15) is 6.10 Å². The number of para-hydroxylation sites is 1. The summed E-state index contributed by atoms with van der Waals surface area (Å²) < 4.78 is 5.69. The SMILES string of the molecule is Cc1ccccc1Nc1n[nH]c(C2CCCCO2)n1. The summed E-state index contributed by atoms with van der Waals surface area (Å²) in [4.78, 5) is 4.47. The van der Waals surface area contributed by atoms with Crippen LogP contribution in [0.15, 0.2) is 24.3 Å². The molecule has 100 valence electrons. The molecule has 1 aliphatic rings. The smallest absolute Gasteiger partial charge is 0.246 e. The maximum atomic E-state index is 5.69. The van der Waals surface area contributed by atoms with Crippen molar-refractivity contribution < 1.29 is 4.74 Å². The van der Waals surface area contributed by atoms with Crippen molar-refractivity contribution >= 4 is 11.6 Å². The molecule has 1 saturated heterocycles. The number of hydrogen-bond donors (Lipinski definition) is 2. The van der Waals surface area contributed by atoms with Crippen molar-refractivity contribution in [2.45, 2.75) is 32.3 Å². The average molecular weight is 258 g/mol. The van der Waals surface area contributed by atoms with Crippen molar-refractivity contribution in [1.29, 1.82) is 0 Å². The molecule has 5 nitrogen and oxygen atoms in total. The topological polar surface area (TPSA) is 62.8 Å². The summed E-state index contributed by atoms with van der Waals surface area (Å²) in [6.07, 6.45) is 3.40. The molecule has 5 heteroatoms. The van der Waals surface area contributed by atoms with Crippen LogP contribution in [0.1, 0.15) is 36.8 Å². The Hall–Kier alpha value is -1.88. The van der Waals surface area contributed by atoms with E-state index in [0.717, 1.165) is 31.0 Å². The molecule has 2 heterocycles. The molecule has 3 rings (SSSR count). The van der Waals surface area contributed by atoms with Crippen LogP contribution in [-0.2, 0) is 4.74 Å². The minimum absolute atomic E-state index is 0.0636. The highest BCUT2D eigenvalue weighted by Gasteiger charge is 2.19. The zero-order valence-electron chi connectivity index (χ0n) is 11.0. The Balaban J connectivity index is 1.73. The second kappa shape index (κ2) is 5.40. The highest BCUT2D eigenvalue weighted by atomic mass is 16.5. The van der Waals surface area contributed by atoms with Crippen LogP contribution in [0.2, 0.25) is 0 Å². The van der Waals surface area contributed by atoms with Crippen LogP contribution in [0.25, 0.3) is 0 Å². The van der Waals surface area contributed by atoms with Crippen molar-refractivity contribution in [3.05, 3.63) is 35.7 Å². The molecule has 19 heavy (non-hydrogen) atoms. The first kappa shape index (κ1) is 12.2. The Morgan fingerprint density at radius 1 is 1.32 bits per heavy atom. The van der Waals surface area contributed by atoms with Crippen LogP contribution in [0, 0.1) is 6.92 Å². The quantitative estimate of drug-likeness (QED) is 0.888. The number of aromatic amines is 1. The predicted octanol–water partition coefficient (Wildman–Crippen LogP) is 3.10. The summed E-state index contributed by atoms with van der Waals surface area (Å²) in [6, 6.07) is 8.08. The van der Waals surface area contributed by atoms with Gasteiger partial charge >= 0.3 is 0 Å². The van der Waals surface area contributed by atoms with E-state index >= 15 is 0 Å². The summed E-state index contributed by atoms with van der Waals surface area (Å²) in [7, 11) is 0. The van der Waals surface area contributed by atoms with Crippen LogP contribution in [-0.4, -0.2) is 21.8 Å². The second-order valence-electron chi connectivity index (χ2n) is 4.84. The van der Waals surface area contributed by atoms with Crippen LogP contribution >= 0.6 is 0 Å². The van der Waals surface area contributed by atoms with Gasteiger partial charge in [-0.2, -0.15) is 4.98 Å². The largest absolute Gasteiger partial charge is 0.370 e. The number of nitrogens with zero attached hydrogens (tertiary/aromatic N) is 2. The maximum absolute atomic E-state index is 5.69. The minimum atomic E-state index is 0.0636. The molecule has 0 spiro atoms. The molecule has 0 bridgehead atoms. The lowest BCUT2D eigenvalue weighted by molar-refractivity contribution is 0.00970. The van der Waals surface area contributed by atoms with E-state index in [-0.39, 0.29) is 6.10 Å². The highest BCUT2D eigenvalue weighted by Crippen LogP contribution is 2.26. The number of ether oxygens (including phenoxy) is 1. The van der Waals surface area contributed by atoms with Crippen LogP contribution in [0.5, 0.6) is 0 Å². The van der Waals surface area contributed by atoms with Gasteiger partial charge in [-0.3, -0.25) is 5.10 Å². The van der Waals surface area contributed by atoms with E-state index in [1.54, 1.807) is 0 Å². The third-order valence-electron chi connectivity index (χ3n) is 3.38. The summed E-state index contributed by atoms with van der Waals surface area (Å²) in [6.45, 7) is 2.87. The van der Waals surface area contributed by atoms with Gasteiger partial charge in [0, 0.05) is 12.3 Å². The van der Waals surface area contributed by atoms with E-state index in [0.29, 0.717) is 5.95 Å². The van der Waals surface area contributed by atoms with E-state index in [9.17, 15) is 0 Å². The normalized spacial score (nSPS) is 19.3. The van der Waals surface area contributed by atoms with Gasteiger partial charge in [-0.05, 0) is 37.8 Å². The van der Waals surface area contributed by atoms with Gasteiger partial charge in [-0.15, -0.1) is 5.10 Å². The molecule has 1 fully saturated rings. The average Bonchev–Trinajstić information content (AvgIpc) is 2.91. The number of H-pyrrole nitrogens is 1. The van der Waals surface area contributed by atoms with E-state index in [1.165, 1.54) is 12.0 Å². The van der Waals surface area contributed by atoms with Crippen molar-refractivity contribution in [3.8, 4) is 0 Å². The van der Waals surface area contributed by atoms with Crippen molar-refractivity contribution in [2.24, 2.45) is 0 Å².